The summed E-state index contributed by atoms with van der Waals surface area (Å²) >= 11 is 0. The van der Waals surface area contributed by atoms with Crippen molar-refractivity contribution in [2.45, 2.75) is 30.5 Å². The topological polar surface area (TPSA) is 109 Å². The van der Waals surface area contributed by atoms with Crippen molar-refractivity contribution in [3.8, 4) is 0 Å². The van der Waals surface area contributed by atoms with E-state index >= 15 is 0 Å². The Morgan fingerprint density at radius 3 is 2.81 bits per heavy atom. The Morgan fingerprint density at radius 1 is 1.33 bits per heavy atom. The smallest absolute Gasteiger partial charge is 0.277 e. The average molecular weight is 308 g/mol. The molecule has 8 heteroatoms. The summed E-state index contributed by atoms with van der Waals surface area (Å²) in [5.41, 5.74) is 6.55. The van der Waals surface area contributed by atoms with Gasteiger partial charge in [-0.3, -0.25) is 4.79 Å². The zero-order chi connectivity index (χ0) is 15.0. The van der Waals surface area contributed by atoms with Crippen molar-refractivity contribution < 1.29 is 13.2 Å². The Balaban J connectivity index is 2.04. The Hall–Kier alpha value is -1.93. The Labute approximate surface area is 122 Å². The number of nitrogens with zero attached hydrogens (tertiary/aromatic N) is 2. The maximum absolute atomic E-state index is 12.7. The summed E-state index contributed by atoms with van der Waals surface area (Å²) in [6, 6.07) is 6.27. The van der Waals surface area contributed by atoms with E-state index in [1.165, 1.54) is 0 Å². The van der Waals surface area contributed by atoms with Crippen LogP contribution in [0.3, 0.4) is 0 Å². The molecule has 0 saturated carbocycles. The first kappa shape index (κ1) is 14.0. The zero-order valence-corrected chi connectivity index (χ0v) is 12.1. The van der Waals surface area contributed by atoms with Gasteiger partial charge in [0.05, 0.1) is 11.0 Å². The molecule has 1 aromatic heterocycles. The van der Waals surface area contributed by atoms with Crippen LogP contribution in [0.5, 0.6) is 0 Å². The molecule has 0 aliphatic carbocycles. The first-order valence-corrected chi connectivity index (χ1v) is 8.20. The van der Waals surface area contributed by atoms with Gasteiger partial charge >= 0.3 is 0 Å². The third-order valence-corrected chi connectivity index (χ3v) is 5.44. The predicted molar refractivity (Wildman–Crippen MR) is 76.8 cm³/mol. The molecule has 0 radical (unpaired) electrons. The number of imidazole rings is 1. The van der Waals surface area contributed by atoms with Crippen LogP contribution in [0.15, 0.2) is 29.4 Å². The van der Waals surface area contributed by atoms with E-state index in [0.29, 0.717) is 23.9 Å². The number of rotatable bonds is 3. The third-order valence-electron chi connectivity index (χ3n) is 3.70. The fourth-order valence-corrected chi connectivity index (χ4v) is 4.23. The van der Waals surface area contributed by atoms with E-state index in [4.69, 9.17) is 5.73 Å². The summed E-state index contributed by atoms with van der Waals surface area (Å²) in [4.78, 5) is 18.4. The number of hydrogen-bond acceptors (Lipinski definition) is 4. The lowest BCUT2D eigenvalue weighted by atomic mass is 10.0. The molecule has 3 N–H and O–H groups in total. The van der Waals surface area contributed by atoms with E-state index in [-0.39, 0.29) is 11.7 Å². The maximum atomic E-state index is 12.7. The number of carbonyl (C=O) groups is 1. The maximum Gasteiger partial charge on any atom is 0.277 e. The molecular formula is C13H16N4O3S. The first-order valence-electron chi connectivity index (χ1n) is 6.76. The molecular weight excluding hydrogens is 292 g/mol. The van der Waals surface area contributed by atoms with Gasteiger partial charge < -0.3 is 10.7 Å². The number of carbonyl (C=O) groups excluding carboxylic acids is 1. The standard InChI is InChI=1S/C13H16N4O3S/c14-12(18)11-7-3-4-8-17(11)21(19,20)13-15-9-5-1-2-6-10(9)16-13/h1-2,5-6,11H,3-4,7-8H2,(H2,14,18)(H,15,16). The Bertz CT molecular complexity index is 751. The molecule has 2 aromatic rings. The number of primary amides is 1. The number of amides is 1. The van der Waals surface area contributed by atoms with Crippen LogP contribution in [0.1, 0.15) is 19.3 Å². The van der Waals surface area contributed by atoms with Crippen molar-refractivity contribution >= 4 is 27.0 Å². The minimum Gasteiger partial charge on any atom is -0.368 e. The van der Waals surface area contributed by atoms with Gasteiger partial charge in [0.2, 0.25) is 11.1 Å². The van der Waals surface area contributed by atoms with Crippen molar-refractivity contribution in [1.82, 2.24) is 14.3 Å². The van der Waals surface area contributed by atoms with Crippen LogP contribution >= 0.6 is 0 Å². The van der Waals surface area contributed by atoms with Crippen molar-refractivity contribution in [2.24, 2.45) is 5.73 Å². The lowest BCUT2D eigenvalue weighted by Crippen LogP contribution is -2.50. The van der Waals surface area contributed by atoms with Gasteiger partial charge in [-0.25, -0.2) is 13.4 Å². The number of hydrogen-bond donors (Lipinski definition) is 2. The van der Waals surface area contributed by atoms with E-state index < -0.39 is 22.0 Å². The van der Waals surface area contributed by atoms with Crippen molar-refractivity contribution in [3.05, 3.63) is 24.3 Å². The van der Waals surface area contributed by atoms with Gasteiger partial charge in [0, 0.05) is 6.54 Å². The minimum absolute atomic E-state index is 0.142. The van der Waals surface area contributed by atoms with Gasteiger partial charge in [0.15, 0.2) is 0 Å². The molecule has 1 unspecified atom stereocenters. The molecule has 1 aliphatic heterocycles. The molecule has 0 bridgehead atoms. The zero-order valence-electron chi connectivity index (χ0n) is 11.3. The van der Waals surface area contributed by atoms with E-state index in [1.807, 2.05) is 0 Å². The van der Waals surface area contributed by atoms with Crippen LogP contribution < -0.4 is 5.73 Å². The summed E-state index contributed by atoms with van der Waals surface area (Å²) in [5, 5.41) is -0.142. The van der Waals surface area contributed by atoms with Crippen LogP contribution in [-0.4, -0.2) is 41.2 Å². The molecule has 1 aromatic carbocycles. The lowest BCUT2D eigenvalue weighted by Gasteiger charge is -2.31. The number of fused-ring (bicyclic) bond motifs is 1. The summed E-state index contributed by atoms with van der Waals surface area (Å²) < 4.78 is 26.6. The second-order valence-corrected chi connectivity index (χ2v) is 6.89. The van der Waals surface area contributed by atoms with Crippen molar-refractivity contribution in [3.63, 3.8) is 0 Å². The quantitative estimate of drug-likeness (QED) is 0.864. The molecule has 7 nitrogen and oxygen atoms in total. The number of aromatic amines is 1. The summed E-state index contributed by atoms with van der Waals surface area (Å²) in [6.45, 7) is 0.285. The highest BCUT2D eigenvalue weighted by atomic mass is 32.2. The normalized spacial score (nSPS) is 20.7. The molecule has 1 amide bonds. The fraction of sp³-hybridized carbons (Fsp3) is 0.385. The number of sulfonamides is 1. The summed E-state index contributed by atoms with van der Waals surface area (Å²) in [7, 11) is -3.85. The number of aromatic nitrogens is 2. The van der Waals surface area contributed by atoms with Crippen LogP contribution in [0, 0.1) is 0 Å². The van der Waals surface area contributed by atoms with Gasteiger partial charge in [-0.2, -0.15) is 4.31 Å². The van der Waals surface area contributed by atoms with E-state index in [0.717, 1.165) is 10.7 Å². The molecule has 1 aliphatic rings. The average Bonchev–Trinajstić information content (AvgIpc) is 2.92. The van der Waals surface area contributed by atoms with Crippen molar-refractivity contribution in [2.75, 3.05) is 6.54 Å². The van der Waals surface area contributed by atoms with Gasteiger partial charge in [0.1, 0.15) is 6.04 Å². The summed E-state index contributed by atoms with van der Waals surface area (Å²) in [5.74, 6) is -0.616. The van der Waals surface area contributed by atoms with E-state index in [2.05, 4.69) is 9.97 Å². The van der Waals surface area contributed by atoms with Crippen molar-refractivity contribution in [1.29, 1.82) is 0 Å². The van der Waals surface area contributed by atoms with Gasteiger partial charge in [0.25, 0.3) is 10.0 Å². The highest BCUT2D eigenvalue weighted by molar-refractivity contribution is 7.89. The minimum atomic E-state index is -3.85. The number of benzene rings is 1. The van der Waals surface area contributed by atoms with Gasteiger partial charge in [-0.1, -0.05) is 18.6 Å². The molecule has 3 rings (SSSR count). The van der Waals surface area contributed by atoms with Crippen LogP contribution in [0.2, 0.25) is 0 Å². The number of nitrogens with two attached hydrogens (primary N) is 1. The predicted octanol–water partition coefficient (Wildman–Crippen LogP) is 0.591. The molecule has 21 heavy (non-hydrogen) atoms. The Kier molecular flexibility index (Phi) is 3.42. The monoisotopic (exact) mass is 308 g/mol. The third kappa shape index (κ3) is 2.40. The molecule has 112 valence electrons. The highest BCUT2D eigenvalue weighted by Crippen LogP contribution is 2.25. The number of H-pyrrole nitrogens is 1. The SMILES string of the molecule is NC(=O)C1CCCCN1S(=O)(=O)c1nc2ccccc2[nH]1. The Morgan fingerprint density at radius 2 is 2.10 bits per heavy atom. The molecule has 1 fully saturated rings. The molecule has 1 atom stereocenters. The van der Waals surface area contributed by atoms with Crippen LogP contribution in [0.25, 0.3) is 11.0 Å². The number of para-hydroxylation sites is 2. The number of piperidine rings is 1. The highest BCUT2D eigenvalue weighted by Gasteiger charge is 2.38. The first-order chi connectivity index (χ1) is 10.00. The van der Waals surface area contributed by atoms with Crippen LogP contribution in [0.4, 0.5) is 0 Å². The van der Waals surface area contributed by atoms with E-state index in [9.17, 15) is 13.2 Å². The number of nitrogens with one attached hydrogen (secondary N) is 1. The lowest BCUT2D eigenvalue weighted by molar-refractivity contribution is -0.122. The summed E-state index contributed by atoms with van der Waals surface area (Å²) in [6.07, 6.45) is 1.96. The second-order valence-electron chi connectivity index (χ2n) is 5.09. The van der Waals surface area contributed by atoms with Gasteiger partial charge in [-0.15, -0.1) is 0 Å². The largest absolute Gasteiger partial charge is 0.368 e. The molecule has 2 heterocycles. The van der Waals surface area contributed by atoms with Crippen LogP contribution in [-0.2, 0) is 14.8 Å². The fourth-order valence-electron chi connectivity index (χ4n) is 2.64. The molecule has 1 saturated heterocycles. The second kappa shape index (κ2) is 5.12. The van der Waals surface area contributed by atoms with E-state index in [1.54, 1.807) is 24.3 Å². The van der Waals surface area contributed by atoms with Gasteiger partial charge in [-0.05, 0) is 25.0 Å². The molecule has 0 spiro atoms.